The maximum absolute atomic E-state index is 5.89. The van der Waals surface area contributed by atoms with E-state index in [1.807, 2.05) is 6.92 Å². The first-order chi connectivity index (χ1) is 7.77. The SMILES string of the molecule is Cc1ncoc1-c1nnc2c(Cl)nccn12. The van der Waals surface area contributed by atoms with Gasteiger partial charge >= 0.3 is 0 Å². The van der Waals surface area contributed by atoms with Crippen molar-refractivity contribution in [2.24, 2.45) is 0 Å². The van der Waals surface area contributed by atoms with E-state index >= 15 is 0 Å². The minimum Gasteiger partial charge on any atom is -0.440 e. The Bertz CT molecular complexity index is 659. The van der Waals surface area contributed by atoms with E-state index < -0.39 is 0 Å². The highest BCUT2D eigenvalue weighted by Gasteiger charge is 2.15. The molecular formula is C9H6ClN5O. The molecule has 80 valence electrons. The molecule has 0 saturated carbocycles. The average Bonchev–Trinajstić information content (AvgIpc) is 2.84. The molecule has 0 spiro atoms. The van der Waals surface area contributed by atoms with Crippen LogP contribution in [-0.4, -0.2) is 24.6 Å². The molecule has 0 amide bonds. The molecule has 0 aliphatic heterocycles. The van der Waals surface area contributed by atoms with Crippen LogP contribution in [0, 0.1) is 6.92 Å². The molecule has 0 aromatic carbocycles. The molecule has 0 unspecified atom stereocenters. The number of rotatable bonds is 1. The molecule has 0 aliphatic carbocycles. The van der Waals surface area contributed by atoms with Gasteiger partial charge in [0.05, 0.1) is 5.69 Å². The normalized spacial score (nSPS) is 11.1. The second kappa shape index (κ2) is 3.28. The topological polar surface area (TPSA) is 69.1 Å². The lowest BCUT2D eigenvalue weighted by molar-refractivity contribution is 0.566. The van der Waals surface area contributed by atoms with Gasteiger partial charge in [0, 0.05) is 12.4 Å². The molecule has 0 bridgehead atoms. The minimum absolute atomic E-state index is 0.304. The number of halogens is 1. The lowest BCUT2D eigenvalue weighted by atomic mass is 10.3. The van der Waals surface area contributed by atoms with Crippen LogP contribution in [0.25, 0.3) is 17.2 Å². The van der Waals surface area contributed by atoms with Gasteiger partial charge in [-0.1, -0.05) is 11.6 Å². The Morgan fingerprint density at radius 2 is 2.19 bits per heavy atom. The Hall–Kier alpha value is -1.95. The number of nitrogens with zero attached hydrogens (tertiary/aromatic N) is 5. The molecule has 16 heavy (non-hydrogen) atoms. The van der Waals surface area contributed by atoms with Crippen LogP contribution >= 0.6 is 11.6 Å². The molecule has 7 heteroatoms. The van der Waals surface area contributed by atoms with Crippen molar-refractivity contribution in [1.82, 2.24) is 24.6 Å². The molecule has 6 nitrogen and oxygen atoms in total. The van der Waals surface area contributed by atoms with E-state index in [9.17, 15) is 0 Å². The summed E-state index contributed by atoms with van der Waals surface area (Å²) in [5, 5.41) is 8.26. The zero-order valence-corrected chi connectivity index (χ0v) is 9.01. The smallest absolute Gasteiger partial charge is 0.206 e. The lowest BCUT2D eigenvalue weighted by Crippen LogP contribution is -1.91. The first kappa shape index (κ1) is 9.29. The van der Waals surface area contributed by atoms with Crippen molar-refractivity contribution in [3.63, 3.8) is 0 Å². The maximum atomic E-state index is 5.89. The molecule has 0 atom stereocenters. The molecule has 0 radical (unpaired) electrons. The Morgan fingerprint density at radius 1 is 1.31 bits per heavy atom. The van der Waals surface area contributed by atoms with Gasteiger partial charge in [-0.25, -0.2) is 9.97 Å². The summed E-state index contributed by atoms with van der Waals surface area (Å²) in [5.74, 6) is 1.14. The lowest BCUT2D eigenvalue weighted by Gasteiger charge is -1.96. The van der Waals surface area contributed by atoms with Crippen molar-refractivity contribution in [1.29, 1.82) is 0 Å². The van der Waals surface area contributed by atoms with Gasteiger partial charge in [0.15, 0.2) is 23.0 Å². The zero-order valence-electron chi connectivity index (χ0n) is 8.25. The second-order valence-electron chi connectivity index (χ2n) is 3.20. The van der Waals surface area contributed by atoms with E-state index in [4.69, 9.17) is 16.0 Å². The van der Waals surface area contributed by atoms with E-state index in [-0.39, 0.29) is 0 Å². The van der Waals surface area contributed by atoms with Crippen LogP contribution in [0.15, 0.2) is 23.2 Å². The fourth-order valence-corrected chi connectivity index (χ4v) is 1.65. The predicted molar refractivity (Wildman–Crippen MR) is 56.0 cm³/mol. The zero-order chi connectivity index (χ0) is 11.1. The Kier molecular flexibility index (Phi) is 1.90. The second-order valence-corrected chi connectivity index (χ2v) is 3.56. The first-order valence-corrected chi connectivity index (χ1v) is 4.91. The molecule has 3 aromatic heterocycles. The summed E-state index contributed by atoms with van der Waals surface area (Å²) in [7, 11) is 0. The van der Waals surface area contributed by atoms with Crippen LogP contribution in [0.1, 0.15) is 5.69 Å². The minimum atomic E-state index is 0.304. The number of hydrogen-bond acceptors (Lipinski definition) is 5. The van der Waals surface area contributed by atoms with Crippen molar-refractivity contribution >= 4 is 17.2 Å². The van der Waals surface area contributed by atoms with Crippen LogP contribution in [0.5, 0.6) is 0 Å². The van der Waals surface area contributed by atoms with Crippen molar-refractivity contribution in [2.45, 2.75) is 6.92 Å². The quantitative estimate of drug-likeness (QED) is 0.643. The highest BCUT2D eigenvalue weighted by Crippen LogP contribution is 2.22. The van der Waals surface area contributed by atoms with Crippen LogP contribution < -0.4 is 0 Å². The third-order valence-electron chi connectivity index (χ3n) is 2.23. The molecule has 3 heterocycles. The molecule has 3 aromatic rings. The fourth-order valence-electron chi connectivity index (χ4n) is 1.47. The van der Waals surface area contributed by atoms with Crippen LogP contribution in [0.4, 0.5) is 0 Å². The summed E-state index contributed by atoms with van der Waals surface area (Å²) in [6, 6.07) is 0. The van der Waals surface area contributed by atoms with Gasteiger partial charge in [-0.15, -0.1) is 10.2 Å². The Labute approximate surface area is 94.9 Å². The van der Waals surface area contributed by atoms with Crippen LogP contribution in [0.3, 0.4) is 0 Å². The van der Waals surface area contributed by atoms with E-state index in [1.54, 1.807) is 16.8 Å². The van der Waals surface area contributed by atoms with Gasteiger partial charge in [-0.2, -0.15) is 0 Å². The molecule has 0 aliphatic rings. The van der Waals surface area contributed by atoms with Gasteiger partial charge in [0.1, 0.15) is 0 Å². The highest BCUT2D eigenvalue weighted by molar-refractivity contribution is 6.32. The van der Waals surface area contributed by atoms with Crippen molar-refractivity contribution < 1.29 is 4.42 Å². The molecule has 0 N–H and O–H groups in total. The summed E-state index contributed by atoms with van der Waals surface area (Å²) in [6.45, 7) is 1.84. The van der Waals surface area contributed by atoms with Gasteiger partial charge in [0.25, 0.3) is 0 Å². The van der Waals surface area contributed by atoms with E-state index in [0.29, 0.717) is 22.4 Å². The third-order valence-corrected chi connectivity index (χ3v) is 2.50. The van der Waals surface area contributed by atoms with Crippen molar-refractivity contribution in [2.75, 3.05) is 0 Å². The van der Waals surface area contributed by atoms with Gasteiger partial charge in [-0.05, 0) is 6.92 Å². The number of aromatic nitrogens is 5. The molecule has 3 rings (SSSR count). The number of oxazole rings is 1. The van der Waals surface area contributed by atoms with E-state index in [1.165, 1.54) is 6.39 Å². The van der Waals surface area contributed by atoms with Gasteiger partial charge in [0.2, 0.25) is 5.82 Å². The third kappa shape index (κ3) is 1.20. The summed E-state index contributed by atoms with van der Waals surface area (Å²) >= 11 is 5.89. The number of hydrogen-bond donors (Lipinski definition) is 0. The fraction of sp³-hybridized carbons (Fsp3) is 0.111. The molecular weight excluding hydrogens is 230 g/mol. The van der Waals surface area contributed by atoms with Crippen molar-refractivity contribution in [3.05, 3.63) is 29.6 Å². The first-order valence-electron chi connectivity index (χ1n) is 4.53. The Balaban J connectivity index is 2.34. The van der Waals surface area contributed by atoms with Gasteiger partial charge < -0.3 is 4.42 Å². The molecule has 0 saturated heterocycles. The standard InChI is InChI=1S/C9H6ClN5O/c1-5-6(16-4-12-5)8-13-14-9-7(10)11-2-3-15(8)9/h2-4H,1H3. The monoisotopic (exact) mass is 235 g/mol. The number of aryl methyl sites for hydroxylation is 1. The summed E-state index contributed by atoms with van der Waals surface area (Å²) in [6.07, 6.45) is 4.67. The highest BCUT2D eigenvalue weighted by atomic mass is 35.5. The number of fused-ring (bicyclic) bond motifs is 1. The van der Waals surface area contributed by atoms with Gasteiger partial charge in [-0.3, -0.25) is 4.40 Å². The summed E-state index contributed by atoms with van der Waals surface area (Å²) < 4.78 is 6.97. The van der Waals surface area contributed by atoms with E-state index in [2.05, 4.69) is 20.2 Å². The van der Waals surface area contributed by atoms with Crippen LogP contribution in [0.2, 0.25) is 5.15 Å². The summed E-state index contributed by atoms with van der Waals surface area (Å²) in [4.78, 5) is 7.93. The average molecular weight is 236 g/mol. The summed E-state index contributed by atoms with van der Waals surface area (Å²) in [5.41, 5.74) is 1.25. The maximum Gasteiger partial charge on any atom is 0.206 e. The predicted octanol–water partition coefficient (Wildman–Crippen LogP) is 1.74. The van der Waals surface area contributed by atoms with Crippen molar-refractivity contribution in [3.8, 4) is 11.6 Å². The molecule has 0 fully saturated rings. The van der Waals surface area contributed by atoms with Crippen LogP contribution in [-0.2, 0) is 0 Å². The van der Waals surface area contributed by atoms with E-state index in [0.717, 1.165) is 5.69 Å². The Morgan fingerprint density at radius 3 is 2.94 bits per heavy atom. The largest absolute Gasteiger partial charge is 0.440 e.